The average Bonchev–Trinajstić information content (AvgIpc) is 2.81. The van der Waals surface area contributed by atoms with Crippen molar-refractivity contribution in [3.63, 3.8) is 0 Å². The van der Waals surface area contributed by atoms with Crippen molar-refractivity contribution < 1.29 is 4.74 Å². The van der Waals surface area contributed by atoms with Crippen molar-refractivity contribution >= 4 is 16.7 Å². The summed E-state index contributed by atoms with van der Waals surface area (Å²) in [6.07, 6.45) is 0. The standard InChI is InChI=1S/C22H26N2O2/c1-14(2)24-20-13-17(5)16(4)12-19(20)23(22(24)25)9-10-26-21-8-7-15(3)11-18(21)6/h7-8,11-13H,1,9-10H2,2-6H3. The first kappa shape index (κ1) is 18.1. The lowest BCUT2D eigenvalue weighted by Gasteiger charge is -2.10. The summed E-state index contributed by atoms with van der Waals surface area (Å²) < 4.78 is 9.39. The molecule has 3 rings (SSSR count). The van der Waals surface area contributed by atoms with Crippen LogP contribution in [-0.4, -0.2) is 15.7 Å². The van der Waals surface area contributed by atoms with Gasteiger partial charge in [0.2, 0.25) is 0 Å². The molecule has 0 saturated heterocycles. The maximum absolute atomic E-state index is 12.9. The minimum absolute atomic E-state index is 0.0678. The highest BCUT2D eigenvalue weighted by molar-refractivity contribution is 5.81. The molecule has 0 atom stereocenters. The minimum Gasteiger partial charge on any atom is -0.491 e. The molecule has 4 heteroatoms. The molecular formula is C22H26N2O2. The number of aromatic nitrogens is 2. The molecule has 0 N–H and O–H groups in total. The number of ether oxygens (including phenoxy) is 1. The Morgan fingerprint density at radius 3 is 2.27 bits per heavy atom. The molecule has 26 heavy (non-hydrogen) atoms. The zero-order valence-corrected chi connectivity index (χ0v) is 16.2. The molecule has 1 heterocycles. The Morgan fingerprint density at radius 1 is 1.00 bits per heavy atom. The van der Waals surface area contributed by atoms with E-state index >= 15 is 0 Å². The van der Waals surface area contributed by atoms with E-state index in [-0.39, 0.29) is 5.69 Å². The number of hydrogen-bond donors (Lipinski definition) is 0. The predicted octanol–water partition coefficient (Wildman–Crippen LogP) is 4.61. The summed E-state index contributed by atoms with van der Waals surface area (Å²) in [6.45, 7) is 15.0. The smallest absolute Gasteiger partial charge is 0.333 e. The van der Waals surface area contributed by atoms with E-state index in [4.69, 9.17) is 4.74 Å². The topological polar surface area (TPSA) is 36.2 Å². The normalized spacial score (nSPS) is 11.1. The lowest BCUT2D eigenvalue weighted by molar-refractivity contribution is 0.296. The second-order valence-electron chi connectivity index (χ2n) is 7.05. The van der Waals surface area contributed by atoms with Crippen molar-refractivity contribution in [2.75, 3.05) is 6.61 Å². The maximum Gasteiger partial charge on any atom is 0.333 e. The van der Waals surface area contributed by atoms with Crippen molar-refractivity contribution in [2.45, 2.75) is 41.2 Å². The Kier molecular flexibility index (Phi) is 4.77. The van der Waals surface area contributed by atoms with Crippen LogP contribution in [0.1, 0.15) is 29.2 Å². The number of nitrogens with zero attached hydrogens (tertiary/aromatic N) is 2. The van der Waals surface area contributed by atoms with Crippen LogP contribution in [-0.2, 0) is 6.54 Å². The SMILES string of the molecule is C=C(C)n1c(=O)n(CCOc2ccc(C)cc2C)c2cc(C)c(C)cc21. The number of hydrogen-bond acceptors (Lipinski definition) is 2. The van der Waals surface area contributed by atoms with Gasteiger partial charge in [-0.25, -0.2) is 4.79 Å². The molecule has 0 unspecified atom stereocenters. The van der Waals surface area contributed by atoms with E-state index in [0.29, 0.717) is 13.2 Å². The third-order valence-corrected chi connectivity index (χ3v) is 4.83. The van der Waals surface area contributed by atoms with Crippen LogP contribution in [0.2, 0.25) is 0 Å². The molecule has 4 nitrogen and oxygen atoms in total. The van der Waals surface area contributed by atoms with E-state index in [1.807, 2.05) is 26.0 Å². The van der Waals surface area contributed by atoms with Crippen LogP contribution < -0.4 is 10.4 Å². The number of allylic oxidation sites excluding steroid dienone is 1. The van der Waals surface area contributed by atoms with E-state index in [9.17, 15) is 4.79 Å². The summed E-state index contributed by atoms with van der Waals surface area (Å²) in [5.74, 6) is 0.860. The fourth-order valence-electron chi connectivity index (χ4n) is 3.30. The monoisotopic (exact) mass is 350 g/mol. The van der Waals surface area contributed by atoms with Gasteiger partial charge in [0.15, 0.2) is 0 Å². The van der Waals surface area contributed by atoms with Gasteiger partial charge in [0, 0.05) is 5.70 Å². The molecule has 0 radical (unpaired) electrons. The molecule has 0 fully saturated rings. The van der Waals surface area contributed by atoms with Crippen LogP contribution in [0.3, 0.4) is 0 Å². The third-order valence-electron chi connectivity index (χ3n) is 4.83. The van der Waals surface area contributed by atoms with Crippen LogP contribution in [0, 0.1) is 27.7 Å². The number of imidazole rings is 1. The first-order valence-electron chi connectivity index (χ1n) is 8.88. The van der Waals surface area contributed by atoms with Gasteiger partial charge >= 0.3 is 5.69 Å². The summed E-state index contributed by atoms with van der Waals surface area (Å²) in [4.78, 5) is 12.9. The van der Waals surface area contributed by atoms with Gasteiger partial charge in [0.25, 0.3) is 0 Å². The Bertz CT molecular complexity index is 1050. The molecule has 0 aliphatic carbocycles. The van der Waals surface area contributed by atoms with Gasteiger partial charge in [-0.05, 0) is 69.5 Å². The largest absolute Gasteiger partial charge is 0.491 e. The summed E-state index contributed by atoms with van der Waals surface area (Å²) in [5.41, 5.74) is 7.12. The van der Waals surface area contributed by atoms with E-state index in [2.05, 4.69) is 45.5 Å². The Labute approximate surface area is 154 Å². The number of rotatable bonds is 5. The van der Waals surface area contributed by atoms with Gasteiger partial charge in [-0.2, -0.15) is 0 Å². The molecule has 0 aliphatic heterocycles. The summed E-state index contributed by atoms with van der Waals surface area (Å²) >= 11 is 0. The number of fused-ring (bicyclic) bond motifs is 1. The van der Waals surface area contributed by atoms with Gasteiger partial charge in [-0.3, -0.25) is 9.13 Å². The van der Waals surface area contributed by atoms with Crippen molar-refractivity contribution in [3.8, 4) is 5.75 Å². The molecule has 0 spiro atoms. The summed E-state index contributed by atoms with van der Waals surface area (Å²) in [7, 11) is 0. The van der Waals surface area contributed by atoms with Crippen molar-refractivity contribution in [3.05, 3.63) is 69.6 Å². The predicted molar refractivity (Wildman–Crippen MR) is 108 cm³/mol. The lowest BCUT2D eigenvalue weighted by Crippen LogP contribution is -2.25. The number of benzene rings is 2. The summed E-state index contributed by atoms with van der Waals surface area (Å²) in [6, 6.07) is 10.2. The second kappa shape index (κ2) is 6.87. The van der Waals surface area contributed by atoms with Crippen LogP contribution >= 0.6 is 0 Å². The highest BCUT2D eigenvalue weighted by atomic mass is 16.5. The average molecular weight is 350 g/mol. The van der Waals surface area contributed by atoms with Gasteiger partial charge in [-0.1, -0.05) is 24.3 Å². The lowest BCUT2D eigenvalue weighted by atomic mass is 10.1. The fourth-order valence-corrected chi connectivity index (χ4v) is 3.30. The first-order valence-corrected chi connectivity index (χ1v) is 8.88. The molecule has 3 aromatic rings. The molecule has 2 aromatic carbocycles. The molecular weight excluding hydrogens is 324 g/mol. The van der Waals surface area contributed by atoms with Crippen molar-refractivity contribution in [1.82, 2.24) is 9.13 Å². The fraction of sp³-hybridized carbons (Fsp3) is 0.318. The van der Waals surface area contributed by atoms with E-state index in [1.54, 1.807) is 9.13 Å². The Balaban J connectivity index is 1.94. The van der Waals surface area contributed by atoms with E-state index < -0.39 is 0 Å². The second-order valence-corrected chi connectivity index (χ2v) is 7.05. The molecule has 0 amide bonds. The minimum atomic E-state index is -0.0678. The Morgan fingerprint density at radius 2 is 1.65 bits per heavy atom. The van der Waals surface area contributed by atoms with Crippen molar-refractivity contribution in [1.29, 1.82) is 0 Å². The third kappa shape index (κ3) is 3.19. The highest BCUT2D eigenvalue weighted by Crippen LogP contribution is 2.22. The van der Waals surface area contributed by atoms with Gasteiger partial charge < -0.3 is 4.74 Å². The zero-order chi connectivity index (χ0) is 19.0. The van der Waals surface area contributed by atoms with Crippen LogP contribution in [0.15, 0.2) is 41.7 Å². The van der Waals surface area contributed by atoms with Crippen LogP contribution in [0.5, 0.6) is 5.75 Å². The molecule has 0 aliphatic rings. The molecule has 136 valence electrons. The molecule has 1 aromatic heterocycles. The van der Waals surface area contributed by atoms with E-state index in [0.717, 1.165) is 33.6 Å². The van der Waals surface area contributed by atoms with Gasteiger partial charge in [0.05, 0.1) is 17.6 Å². The quantitative estimate of drug-likeness (QED) is 0.674. The van der Waals surface area contributed by atoms with E-state index in [1.165, 1.54) is 11.1 Å². The Hall–Kier alpha value is -2.75. The number of aryl methyl sites for hydroxylation is 4. The van der Waals surface area contributed by atoms with Crippen molar-refractivity contribution in [2.24, 2.45) is 0 Å². The van der Waals surface area contributed by atoms with Gasteiger partial charge in [-0.15, -0.1) is 0 Å². The first-order chi connectivity index (χ1) is 12.3. The molecule has 0 bridgehead atoms. The zero-order valence-electron chi connectivity index (χ0n) is 16.2. The van der Waals surface area contributed by atoms with Crippen LogP contribution in [0.4, 0.5) is 0 Å². The maximum atomic E-state index is 12.9. The summed E-state index contributed by atoms with van der Waals surface area (Å²) in [5, 5.41) is 0. The molecule has 0 saturated carbocycles. The van der Waals surface area contributed by atoms with Gasteiger partial charge in [0.1, 0.15) is 12.4 Å². The highest BCUT2D eigenvalue weighted by Gasteiger charge is 2.15. The van der Waals surface area contributed by atoms with Crippen LogP contribution in [0.25, 0.3) is 16.7 Å².